The van der Waals surface area contributed by atoms with E-state index in [2.05, 4.69) is 4.98 Å². The first kappa shape index (κ1) is 18.0. The van der Waals surface area contributed by atoms with Gasteiger partial charge in [0.25, 0.3) is 5.56 Å². The monoisotopic (exact) mass is 405 g/mol. The van der Waals surface area contributed by atoms with E-state index in [0.29, 0.717) is 36.8 Å². The van der Waals surface area contributed by atoms with Gasteiger partial charge < -0.3 is 10.7 Å². The molecule has 2 heterocycles. The molecule has 0 saturated heterocycles. The van der Waals surface area contributed by atoms with Crippen molar-refractivity contribution in [1.82, 2.24) is 4.98 Å². The van der Waals surface area contributed by atoms with Crippen molar-refractivity contribution < 1.29 is 4.79 Å². The number of nitrogen functional groups attached to an aromatic ring is 1. The van der Waals surface area contributed by atoms with E-state index in [1.54, 1.807) is 48.5 Å². The van der Waals surface area contributed by atoms with Crippen LogP contribution in [0.1, 0.15) is 20.8 Å². The van der Waals surface area contributed by atoms with E-state index in [0.717, 1.165) is 11.3 Å². The van der Waals surface area contributed by atoms with E-state index in [-0.39, 0.29) is 17.0 Å². The number of H-pyrrole nitrogens is 1. The van der Waals surface area contributed by atoms with E-state index in [9.17, 15) is 14.9 Å². The number of hydrogen-bond donors (Lipinski definition) is 2. The zero-order valence-electron chi connectivity index (χ0n) is 14.3. The van der Waals surface area contributed by atoms with Crippen LogP contribution < -0.4 is 11.3 Å². The van der Waals surface area contributed by atoms with Gasteiger partial charge in [0.05, 0.1) is 5.69 Å². The number of aromatic nitrogens is 1. The fourth-order valence-corrected chi connectivity index (χ4v) is 4.30. The highest BCUT2D eigenvalue weighted by molar-refractivity contribution is 7.21. The van der Waals surface area contributed by atoms with E-state index in [1.165, 1.54) is 0 Å². The SMILES string of the molecule is N#Cc1c(-c2ccc(Cl)cc2)c2c(N)c(C(=O)c3ccccc3)sc2[nH]c1=O. The number of pyridine rings is 1. The Labute approximate surface area is 168 Å². The molecule has 0 radical (unpaired) electrons. The van der Waals surface area contributed by atoms with E-state index in [4.69, 9.17) is 17.3 Å². The summed E-state index contributed by atoms with van der Waals surface area (Å²) < 4.78 is 0. The zero-order valence-corrected chi connectivity index (χ0v) is 15.9. The van der Waals surface area contributed by atoms with Crippen LogP contribution in [0, 0.1) is 11.3 Å². The minimum Gasteiger partial charge on any atom is -0.397 e. The first-order chi connectivity index (χ1) is 13.5. The predicted molar refractivity (Wildman–Crippen MR) is 112 cm³/mol. The average Bonchev–Trinajstić information content (AvgIpc) is 3.03. The van der Waals surface area contributed by atoms with Gasteiger partial charge >= 0.3 is 0 Å². The molecule has 7 heteroatoms. The molecule has 136 valence electrons. The molecule has 0 aliphatic rings. The summed E-state index contributed by atoms with van der Waals surface area (Å²) in [7, 11) is 0. The zero-order chi connectivity index (χ0) is 19.8. The molecule has 0 fully saturated rings. The Morgan fingerprint density at radius 3 is 2.43 bits per heavy atom. The van der Waals surface area contributed by atoms with Crippen molar-refractivity contribution >= 4 is 44.6 Å². The minimum atomic E-state index is -0.528. The van der Waals surface area contributed by atoms with E-state index < -0.39 is 5.56 Å². The maximum Gasteiger partial charge on any atom is 0.267 e. The molecule has 4 aromatic rings. The van der Waals surface area contributed by atoms with Gasteiger partial charge in [0.2, 0.25) is 5.78 Å². The van der Waals surface area contributed by atoms with Gasteiger partial charge in [-0.25, -0.2) is 0 Å². The summed E-state index contributed by atoms with van der Waals surface area (Å²) in [5.74, 6) is -0.235. The van der Waals surface area contributed by atoms with Crippen molar-refractivity contribution in [3.8, 4) is 17.2 Å². The fraction of sp³-hybridized carbons (Fsp3) is 0. The van der Waals surface area contributed by atoms with Crippen LogP contribution in [0.15, 0.2) is 59.4 Å². The molecule has 5 nitrogen and oxygen atoms in total. The Hall–Kier alpha value is -3.40. The maximum atomic E-state index is 12.9. The molecule has 0 bridgehead atoms. The average molecular weight is 406 g/mol. The quantitative estimate of drug-likeness (QED) is 0.486. The molecule has 2 aromatic heterocycles. The van der Waals surface area contributed by atoms with Crippen LogP contribution in [-0.4, -0.2) is 10.8 Å². The highest BCUT2D eigenvalue weighted by Gasteiger charge is 2.24. The molecule has 0 aliphatic carbocycles. The Kier molecular flexibility index (Phi) is 4.47. The van der Waals surface area contributed by atoms with Gasteiger partial charge in [0.1, 0.15) is 21.3 Å². The molecule has 0 aliphatic heterocycles. The summed E-state index contributed by atoms with van der Waals surface area (Å²) >= 11 is 7.07. The minimum absolute atomic E-state index is 0.0574. The highest BCUT2D eigenvalue weighted by Crippen LogP contribution is 2.40. The molecule has 0 spiro atoms. The van der Waals surface area contributed by atoms with Gasteiger partial charge in [-0.05, 0) is 17.7 Å². The number of nitrogens with zero attached hydrogens (tertiary/aromatic N) is 1. The van der Waals surface area contributed by atoms with Gasteiger partial charge in [0, 0.05) is 21.5 Å². The van der Waals surface area contributed by atoms with Crippen LogP contribution in [0.25, 0.3) is 21.3 Å². The molecular weight excluding hydrogens is 394 g/mol. The van der Waals surface area contributed by atoms with Crippen LogP contribution in [-0.2, 0) is 0 Å². The molecule has 3 N–H and O–H groups in total. The number of nitrogens with two attached hydrogens (primary N) is 1. The standard InChI is InChI=1S/C21H12ClN3O2S/c22-13-8-6-11(7-9-13)15-14(10-23)20(27)25-21-16(15)17(24)19(28-21)18(26)12-4-2-1-3-5-12/h1-9H,24H2,(H,25,27). The molecule has 2 aromatic carbocycles. The summed E-state index contributed by atoms with van der Waals surface area (Å²) in [6, 6.07) is 17.5. The van der Waals surface area contributed by atoms with Crippen molar-refractivity contribution in [2.45, 2.75) is 0 Å². The largest absolute Gasteiger partial charge is 0.397 e. The first-order valence-electron chi connectivity index (χ1n) is 8.25. The van der Waals surface area contributed by atoms with E-state index >= 15 is 0 Å². The Morgan fingerprint density at radius 2 is 1.79 bits per heavy atom. The number of fused-ring (bicyclic) bond motifs is 1. The highest BCUT2D eigenvalue weighted by atomic mass is 35.5. The second kappa shape index (κ2) is 6.97. The molecule has 4 rings (SSSR count). The fourth-order valence-electron chi connectivity index (χ4n) is 3.09. The van der Waals surface area contributed by atoms with Crippen molar-refractivity contribution in [2.24, 2.45) is 0 Å². The Morgan fingerprint density at radius 1 is 1.11 bits per heavy atom. The molecule has 0 amide bonds. The summed E-state index contributed by atoms with van der Waals surface area (Å²) in [5, 5.41) is 10.6. The Bertz CT molecular complexity index is 1320. The van der Waals surface area contributed by atoms with Crippen molar-refractivity contribution in [1.29, 1.82) is 5.26 Å². The number of rotatable bonds is 3. The van der Waals surface area contributed by atoms with Crippen molar-refractivity contribution in [3.63, 3.8) is 0 Å². The second-order valence-electron chi connectivity index (χ2n) is 6.07. The van der Waals surface area contributed by atoms with Crippen molar-refractivity contribution in [2.75, 3.05) is 5.73 Å². The van der Waals surface area contributed by atoms with Crippen LogP contribution in [0.3, 0.4) is 0 Å². The third-order valence-corrected chi connectivity index (χ3v) is 5.76. The van der Waals surface area contributed by atoms with Crippen LogP contribution in [0.4, 0.5) is 5.69 Å². The summed E-state index contributed by atoms with van der Waals surface area (Å²) in [6.07, 6.45) is 0. The molecule has 28 heavy (non-hydrogen) atoms. The smallest absolute Gasteiger partial charge is 0.267 e. The number of halogens is 1. The Balaban J connectivity index is 2.04. The third kappa shape index (κ3) is 2.87. The van der Waals surface area contributed by atoms with Gasteiger partial charge in [-0.15, -0.1) is 11.3 Å². The number of benzene rings is 2. The maximum absolute atomic E-state index is 12.9. The van der Waals surface area contributed by atoms with Crippen LogP contribution in [0.5, 0.6) is 0 Å². The first-order valence-corrected chi connectivity index (χ1v) is 9.44. The number of nitrogens with one attached hydrogen (secondary N) is 1. The lowest BCUT2D eigenvalue weighted by Gasteiger charge is -2.07. The second-order valence-corrected chi connectivity index (χ2v) is 7.52. The van der Waals surface area contributed by atoms with Gasteiger partial charge in [0.15, 0.2) is 0 Å². The molecule has 0 atom stereocenters. The number of thiophene rings is 1. The summed E-state index contributed by atoms with van der Waals surface area (Å²) in [5.41, 5.74) is 7.53. The predicted octanol–water partition coefficient (Wildman–Crippen LogP) is 4.59. The third-order valence-electron chi connectivity index (χ3n) is 4.39. The van der Waals surface area contributed by atoms with Gasteiger partial charge in [-0.2, -0.15) is 5.26 Å². The van der Waals surface area contributed by atoms with Crippen LogP contribution in [0.2, 0.25) is 5.02 Å². The topological polar surface area (TPSA) is 99.7 Å². The van der Waals surface area contributed by atoms with Crippen LogP contribution >= 0.6 is 22.9 Å². The molecule has 0 saturated carbocycles. The normalized spacial score (nSPS) is 10.7. The number of aromatic amines is 1. The van der Waals surface area contributed by atoms with Crippen molar-refractivity contribution in [3.05, 3.63) is 86.0 Å². The molecule has 0 unspecified atom stereocenters. The van der Waals surface area contributed by atoms with E-state index in [1.807, 2.05) is 12.1 Å². The number of ketones is 1. The number of anilines is 1. The summed E-state index contributed by atoms with van der Waals surface area (Å²) in [4.78, 5) is 28.8. The lowest BCUT2D eigenvalue weighted by atomic mass is 9.97. The molecular formula is C21H12ClN3O2S. The number of nitriles is 1. The number of carbonyl (C=O) groups excluding carboxylic acids is 1. The van der Waals surface area contributed by atoms with Gasteiger partial charge in [-0.1, -0.05) is 54.1 Å². The van der Waals surface area contributed by atoms with Gasteiger partial charge in [-0.3, -0.25) is 9.59 Å². The summed E-state index contributed by atoms with van der Waals surface area (Å²) in [6.45, 7) is 0. The lowest BCUT2D eigenvalue weighted by Crippen LogP contribution is -2.11. The number of carbonyl (C=O) groups is 1. The lowest BCUT2D eigenvalue weighted by molar-refractivity contribution is 0.104. The number of hydrogen-bond acceptors (Lipinski definition) is 5.